The molecule has 222 valence electrons. The second kappa shape index (κ2) is 13.9. The number of likely N-dealkylation sites (N-methyl/N-ethyl adjacent to an activating group) is 1. The molecule has 2 fully saturated rings. The minimum absolute atomic E-state index is 0.199. The fourth-order valence-electron chi connectivity index (χ4n) is 6.34. The van der Waals surface area contributed by atoms with Gasteiger partial charge in [0.1, 0.15) is 24.3 Å². The SMILES string of the molecule is Cc1ccc(O[C@H]2CCN(CC3NC=C(c4cccc(C5CCOCC5)c4)N3C)C2)cc1CN(C)C(C)CCC=O. The zero-order chi connectivity index (χ0) is 28.8. The van der Waals surface area contributed by atoms with E-state index in [4.69, 9.17) is 9.47 Å². The van der Waals surface area contributed by atoms with Gasteiger partial charge in [0.15, 0.2) is 0 Å². The van der Waals surface area contributed by atoms with Crippen molar-refractivity contribution < 1.29 is 14.3 Å². The number of carbonyl (C=O) groups is 1. The van der Waals surface area contributed by atoms with Crippen LogP contribution in [0.25, 0.3) is 5.70 Å². The van der Waals surface area contributed by atoms with Crippen LogP contribution in [0.2, 0.25) is 0 Å². The maximum absolute atomic E-state index is 10.8. The van der Waals surface area contributed by atoms with E-state index in [1.54, 1.807) is 0 Å². The summed E-state index contributed by atoms with van der Waals surface area (Å²) in [6.45, 7) is 9.87. The van der Waals surface area contributed by atoms with Crippen molar-refractivity contribution in [3.8, 4) is 5.75 Å². The molecule has 0 aromatic heterocycles. The predicted octanol–water partition coefficient (Wildman–Crippen LogP) is 5.00. The van der Waals surface area contributed by atoms with Gasteiger partial charge in [-0.25, -0.2) is 0 Å². The molecule has 0 amide bonds. The molecule has 2 saturated heterocycles. The van der Waals surface area contributed by atoms with E-state index < -0.39 is 0 Å². The van der Waals surface area contributed by atoms with E-state index in [0.717, 1.165) is 77.1 Å². The van der Waals surface area contributed by atoms with Gasteiger partial charge in [-0.15, -0.1) is 0 Å². The maximum Gasteiger partial charge on any atom is 0.120 e. The van der Waals surface area contributed by atoms with Crippen LogP contribution in [0, 0.1) is 6.92 Å². The molecule has 0 bridgehead atoms. The molecule has 7 heteroatoms. The second-order valence-corrected chi connectivity index (χ2v) is 12.2. The van der Waals surface area contributed by atoms with Crippen LogP contribution in [0.15, 0.2) is 48.7 Å². The van der Waals surface area contributed by atoms with E-state index in [1.807, 2.05) is 0 Å². The Hall–Kier alpha value is -2.87. The fraction of sp³-hybridized carbons (Fsp3) is 0.559. The van der Waals surface area contributed by atoms with Crippen LogP contribution in [0.5, 0.6) is 5.75 Å². The molecule has 0 radical (unpaired) electrons. The van der Waals surface area contributed by atoms with Gasteiger partial charge < -0.3 is 24.5 Å². The van der Waals surface area contributed by atoms with E-state index in [2.05, 4.69) is 96.6 Å². The lowest BCUT2D eigenvalue weighted by Crippen LogP contribution is -2.44. The average Bonchev–Trinajstić information content (AvgIpc) is 3.59. The summed E-state index contributed by atoms with van der Waals surface area (Å²) in [6.07, 6.45) is 8.40. The van der Waals surface area contributed by atoms with Crippen LogP contribution < -0.4 is 10.1 Å². The molecule has 0 saturated carbocycles. The third-order valence-corrected chi connectivity index (χ3v) is 9.29. The Labute approximate surface area is 246 Å². The number of rotatable bonds is 12. The number of carbonyl (C=O) groups excluding carboxylic acids is 1. The first-order chi connectivity index (χ1) is 19.9. The lowest BCUT2D eigenvalue weighted by molar-refractivity contribution is -0.108. The summed E-state index contributed by atoms with van der Waals surface area (Å²) < 4.78 is 12.1. The number of hydrogen-bond donors (Lipinski definition) is 1. The van der Waals surface area contributed by atoms with E-state index in [0.29, 0.717) is 18.4 Å². The van der Waals surface area contributed by atoms with E-state index in [9.17, 15) is 4.79 Å². The Morgan fingerprint density at radius 3 is 2.80 bits per heavy atom. The molecule has 3 aliphatic heterocycles. The number of ether oxygens (including phenoxy) is 2. The van der Waals surface area contributed by atoms with Crippen molar-refractivity contribution in [2.75, 3.05) is 46.9 Å². The van der Waals surface area contributed by atoms with Gasteiger partial charge >= 0.3 is 0 Å². The second-order valence-electron chi connectivity index (χ2n) is 12.2. The largest absolute Gasteiger partial charge is 0.489 e. The molecule has 3 atom stereocenters. The topological polar surface area (TPSA) is 57.3 Å². The Bertz CT molecular complexity index is 1190. The minimum atomic E-state index is 0.199. The van der Waals surface area contributed by atoms with Gasteiger partial charge in [-0.1, -0.05) is 24.3 Å². The number of aryl methyl sites for hydroxylation is 1. The number of nitrogens with zero attached hydrogens (tertiary/aromatic N) is 3. The van der Waals surface area contributed by atoms with Crippen molar-refractivity contribution in [2.45, 2.75) is 76.7 Å². The van der Waals surface area contributed by atoms with Crippen LogP contribution in [-0.2, 0) is 16.1 Å². The first-order valence-corrected chi connectivity index (χ1v) is 15.4. The highest BCUT2D eigenvalue weighted by molar-refractivity contribution is 5.66. The van der Waals surface area contributed by atoms with Crippen LogP contribution >= 0.6 is 0 Å². The molecule has 2 aromatic carbocycles. The molecule has 41 heavy (non-hydrogen) atoms. The van der Waals surface area contributed by atoms with Gasteiger partial charge in [0.2, 0.25) is 0 Å². The number of aldehydes is 1. The number of benzene rings is 2. The lowest BCUT2D eigenvalue weighted by Gasteiger charge is -2.29. The molecule has 2 unspecified atom stereocenters. The highest BCUT2D eigenvalue weighted by atomic mass is 16.5. The molecular formula is C34H48N4O3. The van der Waals surface area contributed by atoms with Gasteiger partial charge in [-0.05, 0) is 92.9 Å². The van der Waals surface area contributed by atoms with Crippen molar-refractivity contribution in [3.63, 3.8) is 0 Å². The summed E-state index contributed by atoms with van der Waals surface area (Å²) in [4.78, 5) is 18.0. The van der Waals surface area contributed by atoms with Crippen LogP contribution in [0.4, 0.5) is 0 Å². The standard InChI is InChI=1S/C34H48N4O3/c1-25-10-11-31(20-30(25)22-36(3)26(2)7-6-16-39)41-32-12-15-38(23-32)24-34-35-21-33(37(34)4)29-9-5-8-28(19-29)27-13-17-40-18-14-27/h5,8-11,16,19-21,26-27,32,34-35H,6-7,12-15,17-18,22-24H2,1-4H3/t26?,32-,34?/m0/s1. The van der Waals surface area contributed by atoms with E-state index in [1.165, 1.54) is 28.0 Å². The molecule has 3 heterocycles. The van der Waals surface area contributed by atoms with Crippen molar-refractivity contribution >= 4 is 12.0 Å². The number of hydrogen-bond acceptors (Lipinski definition) is 7. The van der Waals surface area contributed by atoms with Gasteiger partial charge in [0.05, 0.1) is 5.70 Å². The Kier molecular flexibility index (Phi) is 10.0. The van der Waals surface area contributed by atoms with Gasteiger partial charge in [0, 0.05) is 65.1 Å². The molecule has 7 nitrogen and oxygen atoms in total. The maximum atomic E-state index is 10.8. The normalized spacial score (nSPS) is 22.6. The van der Waals surface area contributed by atoms with Crippen molar-refractivity contribution in [3.05, 3.63) is 70.9 Å². The predicted molar refractivity (Wildman–Crippen MR) is 165 cm³/mol. The smallest absolute Gasteiger partial charge is 0.120 e. The van der Waals surface area contributed by atoms with Gasteiger partial charge in [0.25, 0.3) is 0 Å². The number of nitrogens with one attached hydrogen (secondary N) is 1. The fourth-order valence-corrected chi connectivity index (χ4v) is 6.34. The van der Waals surface area contributed by atoms with Crippen LogP contribution in [0.1, 0.15) is 67.2 Å². The van der Waals surface area contributed by atoms with E-state index >= 15 is 0 Å². The molecule has 0 spiro atoms. The third-order valence-electron chi connectivity index (χ3n) is 9.29. The Morgan fingerprint density at radius 2 is 2.00 bits per heavy atom. The zero-order valence-corrected chi connectivity index (χ0v) is 25.4. The summed E-state index contributed by atoms with van der Waals surface area (Å²) in [5.74, 6) is 1.56. The zero-order valence-electron chi connectivity index (χ0n) is 25.4. The quantitative estimate of drug-likeness (QED) is 0.367. The summed E-state index contributed by atoms with van der Waals surface area (Å²) in [7, 11) is 4.33. The Balaban J connectivity index is 1.12. The molecule has 1 N–H and O–H groups in total. The minimum Gasteiger partial charge on any atom is -0.489 e. The van der Waals surface area contributed by atoms with Gasteiger partial charge in [-0.2, -0.15) is 0 Å². The molecule has 5 rings (SSSR count). The lowest BCUT2D eigenvalue weighted by atomic mass is 9.90. The first-order valence-electron chi connectivity index (χ1n) is 15.4. The summed E-state index contributed by atoms with van der Waals surface area (Å²) in [5, 5.41) is 3.64. The third kappa shape index (κ3) is 7.51. The summed E-state index contributed by atoms with van der Waals surface area (Å²) >= 11 is 0. The van der Waals surface area contributed by atoms with Crippen molar-refractivity contribution in [1.82, 2.24) is 20.0 Å². The molecule has 0 aliphatic carbocycles. The summed E-state index contributed by atoms with van der Waals surface area (Å²) in [5.41, 5.74) is 6.54. The van der Waals surface area contributed by atoms with Crippen molar-refractivity contribution in [1.29, 1.82) is 0 Å². The highest BCUT2D eigenvalue weighted by Gasteiger charge is 2.30. The molecule has 3 aliphatic rings. The highest BCUT2D eigenvalue weighted by Crippen LogP contribution is 2.31. The number of likely N-dealkylation sites (tertiary alicyclic amines) is 1. The monoisotopic (exact) mass is 560 g/mol. The van der Waals surface area contributed by atoms with Crippen LogP contribution in [0.3, 0.4) is 0 Å². The van der Waals surface area contributed by atoms with Crippen molar-refractivity contribution in [2.24, 2.45) is 0 Å². The average molecular weight is 561 g/mol. The molecule has 2 aromatic rings. The van der Waals surface area contributed by atoms with E-state index in [-0.39, 0.29) is 12.3 Å². The first kappa shape index (κ1) is 29.6. The molecular weight excluding hydrogens is 512 g/mol. The van der Waals surface area contributed by atoms with Gasteiger partial charge in [-0.3, -0.25) is 9.80 Å². The Morgan fingerprint density at radius 1 is 1.17 bits per heavy atom. The van der Waals surface area contributed by atoms with Crippen LogP contribution in [-0.4, -0.2) is 86.2 Å². The summed E-state index contributed by atoms with van der Waals surface area (Å²) in [6, 6.07) is 15.9.